The number of benzene rings is 1. The zero-order valence-electron chi connectivity index (χ0n) is 21.0. The van der Waals surface area contributed by atoms with E-state index in [1.54, 1.807) is 11.8 Å². The van der Waals surface area contributed by atoms with Gasteiger partial charge in [-0.25, -0.2) is 9.59 Å². The molecule has 1 heterocycles. The quantitative estimate of drug-likeness (QED) is 0.440. The number of rotatable bonds is 10. The minimum atomic E-state index is -0.604. The molecule has 0 spiro atoms. The molecule has 1 saturated carbocycles. The van der Waals surface area contributed by atoms with Crippen molar-refractivity contribution in [2.75, 3.05) is 18.5 Å². The summed E-state index contributed by atoms with van der Waals surface area (Å²) in [7, 11) is 0. The Morgan fingerprint density at radius 2 is 1.85 bits per heavy atom. The first kappa shape index (κ1) is 25.8. The molecule has 34 heavy (non-hydrogen) atoms. The smallest absolute Gasteiger partial charge is 0.338 e. The van der Waals surface area contributed by atoms with Crippen molar-refractivity contribution in [3.05, 3.63) is 41.1 Å². The molecular weight excluding hydrogens is 430 g/mol. The molecule has 7 heteroatoms. The minimum absolute atomic E-state index is 0.0227. The van der Waals surface area contributed by atoms with Crippen molar-refractivity contribution in [3.63, 3.8) is 0 Å². The van der Waals surface area contributed by atoms with Gasteiger partial charge in [-0.2, -0.15) is 0 Å². The van der Waals surface area contributed by atoms with Crippen molar-refractivity contribution in [2.24, 2.45) is 11.8 Å². The summed E-state index contributed by atoms with van der Waals surface area (Å²) in [6.07, 6.45) is 7.29. The predicted molar refractivity (Wildman–Crippen MR) is 133 cm³/mol. The van der Waals surface area contributed by atoms with Crippen molar-refractivity contribution < 1.29 is 19.1 Å². The van der Waals surface area contributed by atoms with Crippen molar-refractivity contribution in [3.8, 4) is 0 Å². The second-order valence-corrected chi connectivity index (χ2v) is 9.88. The van der Waals surface area contributed by atoms with Crippen LogP contribution >= 0.6 is 0 Å². The number of carbonyl (C=O) groups is 3. The van der Waals surface area contributed by atoms with Gasteiger partial charge < -0.3 is 15.4 Å². The van der Waals surface area contributed by atoms with Crippen LogP contribution in [0.2, 0.25) is 0 Å². The van der Waals surface area contributed by atoms with Crippen LogP contribution in [0.25, 0.3) is 0 Å². The number of nitrogens with zero attached hydrogens (tertiary/aromatic N) is 1. The Bertz CT molecular complexity index is 901. The summed E-state index contributed by atoms with van der Waals surface area (Å²) in [6.45, 7) is 8.60. The van der Waals surface area contributed by atoms with Gasteiger partial charge >= 0.3 is 12.0 Å². The van der Waals surface area contributed by atoms with E-state index in [2.05, 4.69) is 10.6 Å². The van der Waals surface area contributed by atoms with Crippen LogP contribution in [0.3, 0.4) is 0 Å². The number of urea groups is 1. The average molecular weight is 470 g/mol. The number of esters is 1. The van der Waals surface area contributed by atoms with Crippen LogP contribution < -0.4 is 10.6 Å². The van der Waals surface area contributed by atoms with Gasteiger partial charge in [0.05, 0.1) is 18.2 Å². The second-order valence-electron chi connectivity index (χ2n) is 9.88. The first-order valence-corrected chi connectivity index (χ1v) is 12.7. The van der Waals surface area contributed by atoms with Crippen molar-refractivity contribution in [1.82, 2.24) is 10.2 Å². The molecule has 0 radical (unpaired) electrons. The molecule has 0 aromatic heterocycles. The van der Waals surface area contributed by atoms with Gasteiger partial charge in [0, 0.05) is 24.4 Å². The molecule has 0 bridgehead atoms. The molecular formula is C27H39N3O4. The van der Waals surface area contributed by atoms with Gasteiger partial charge in [-0.15, -0.1) is 0 Å². The Morgan fingerprint density at radius 3 is 2.47 bits per heavy atom. The van der Waals surface area contributed by atoms with E-state index in [1.165, 1.54) is 25.7 Å². The summed E-state index contributed by atoms with van der Waals surface area (Å²) in [5.41, 5.74) is 2.54. The maximum absolute atomic E-state index is 13.0. The van der Waals surface area contributed by atoms with E-state index in [-0.39, 0.29) is 17.9 Å². The van der Waals surface area contributed by atoms with E-state index in [9.17, 15) is 14.4 Å². The molecule has 1 aliphatic heterocycles. The first-order valence-electron chi connectivity index (χ1n) is 12.7. The number of hydrogen-bond acceptors (Lipinski definition) is 4. The fourth-order valence-electron chi connectivity index (χ4n) is 4.73. The maximum atomic E-state index is 13.0. The Hall–Kier alpha value is -2.83. The molecule has 3 amide bonds. The number of amides is 3. The molecule has 1 unspecified atom stereocenters. The van der Waals surface area contributed by atoms with E-state index in [1.807, 2.05) is 45.0 Å². The molecule has 1 atom stereocenters. The van der Waals surface area contributed by atoms with E-state index < -0.39 is 12.0 Å². The van der Waals surface area contributed by atoms with Crippen LogP contribution in [0.4, 0.5) is 10.5 Å². The number of allylic oxidation sites excluding steroid dienone is 1. The van der Waals surface area contributed by atoms with Gasteiger partial charge in [0.2, 0.25) is 5.91 Å². The van der Waals surface area contributed by atoms with Gasteiger partial charge in [-0.3, -0.25) is 9.69 Å². The Morgan fingerprint density at radius 1 is 1.18 bits per heavy atom. The first-order chi connectivity index (χ1) is 16.3. The second kappa shape index (κ2) is 12.0. The van der Waals surface area contributed by atoms with Crippen molar-refractivity contribution in [2.45, 2.75) is 78.7 Å². The minimum Gasteiger partial charge on any atom is -0.462 e. The molecule has 1 aliphatic carbocycles. The lowest BCUT2D eigenvalue weighted by Crippen LogP contribution is -2.48. The van der Waals surface area contributed by atoms with Crippen molar-refractivity contribution in [1.29, 1.82) is 0 Å². The summed E-state index contributed by atoms with van der Waals surface area (Å²) in [5.74, 6) is 0.500. The Labute approximate surface area is 203 Å². The average Bonchev–Trinajstić information content (AvgIpc) is 3.33. The highest BCUT2D eigenvalue weighted by Gasteiger charge is 2.36. The SMILES string of the molecule is CCCN1C(=O)NC(c2ccc(NC(=O)CCC3CCCC3)cc2)C(C(=O)OCC(C)C)=C1C. The van der Waals surface area contributed by atoms with Crippen LogP contribution in [0.1, 0.15) is 84.2 Å². The lowest BCUT2D eigenvalue weighted by atomic mass is 9.94. The largest absolute Gasteiger partial charge is 0.462 e. The van der Waals surface area contributed by atoms with Crippen LogP contribution in [0.15, 0.2) is 35.5 Å². The summed E-state index contributed by atoms with van der Waals surface area (Å²) >= 11 is 0. The van der Waals surface area contributed by atoms with Gasteiger partial charge in [-0.05, 0) is 49.3 Å². The summed E-state index contributed by atoms with van der Waals surface area (Å²) in [5, 5.41) is 5.94. The highest BCUT2D eigenvalue weighted by Crippen LogP contribution is 2.32. The lowest BCUT2D eigenvalue weighted by molar-refractivity contribution is -0.140. The monoisotopic (exact) mass is 469 g/mol. The molecule has 1 fully saturated rings. The number of carbonyl (C=O) groups excluding carboxylic acids is 3. The molecule has 2 aliphatic rings. The zero-order valence-corrected chi connectivity index (χ0v) is 21.0. The molecule has 1 aromatic carbocycles. The highest BCUT2D eigenvalue weighted by molar-refractivity contribution is 5.95. The van der Waals surface area contributed by atoms with E-state index in [4.69, 9.17) is 4.74 Å². The Kier molecular flexibility index (Phi) is 9.13. The molecule has 3 rings (SSSR count). The van der Waals surface area contributed by atoms with Gasteiger partial charge in [0.1, 0.15) is 0 Å². The third-order valence-corrected chi connectivity index (χ3v) is 6.59. The topological polar surface area (TPSA) is 87.7 Å². The van der Waals surface area contributed by atoms with Gasteiger partial charge in [0.25, 0.3) is 0 Å². The van der Waals surface area contributed by atoms with E-state index >= 15 is 0 Å². The third-order valence-electron chi connectivity index (χ3n) is 6.59. The normalized spacial score (nSPS) is 18.9. The van der Waals surface area contributed by atoms with E-state index in [0.717, 1.165) is 18.4 Å². The fourth-order valence-corrected chi connectivity index (χ4v) is 4.73. The van der Waals surface area contributed by atoms with Crippen LogP contribution in [0.5, 0.6) is 0 Å². The van der Waals surface area contributed by atoms with Gasteiger partial charge in [-0.1, -0.05) is 58.6 Å². The summed E-state index contributed by atoms with van der Waals surface area (Å²) in [4.78, 5) is 39.8. The fraction of sp³-hybridized carbons (Fsp3) is 0.593. The standard InChI is InChI=1S/C27H39N3O4/c1-5-16-30-19(4)24(26(32)34-17-18(2)3)25(29-27(30)33)21-11-13-22(14-12-21)28-23(31)15-10-20-8-6-7-9-20/h11-14,18,20,25H,5-10,15-17H2,1-4H3,(H,28,31)(H,29,33). The number of nitrogens with one attached hydrogen (secondary N) is 2. The molecule has 7 nitrogen and oxygen atoms in total. The van der Waals surface area contributed by atoms with E-state index in [0.29, 0.717) is 42.4 Å². The van der Waals surface area contributed by atoms with Crippen LogP contribution in [-0.2, 0) is 14.3 Å². The zero-order chi connectivity index (χ0) is 24.7. The van der Waals surface area contributed by atoms with Crippen molar-refractivity contribution >= 4 is 23.6 Å². The maximum Gasteiger partial charge on any atom is 0.338 e. The number of hydrogen-bond donors (Lipinski definition) is 2. The Balaban J connectivity index is 1.74. The molecule has 1 aromatic rings. The van der Waals surface area contributed by atoms with Gasteiger partial charge in [0.15, 0.2) is 0 Å². The molecule has 0 saturated heterocycles. The van der Waals surface area contributed by atoms with Crippen LogP contribution in [0, 0.1) is 11.8 Å². The summed E-state index contributed by atoms with van der Waals surface area (Å²) in [6, 6.07) is 6.49. The lowest BCUT2D eigenvalue weighted by Gasteiger charge is -2.35. The number of anilines is 1. The third kappa shape index (κ3) is 6.61. The number of ether oxygens (including phenoxy) is 1. The summed E-state index contributed by atoms with van der Waals surface area (Å²) < 4.78 is 5.54. The predicted octanol–water partition coefficient (Wildman–Crippen LogP) is 5.55. The van der Waals surface area contributed by atoms with Crippen LogP contribution in [-0.4, -0.2) is 36.0 Å². The highest BCUT2D eigenvalue weighted by atomic mass is 16.5. The molecule has 186 valence electrons. The molecule has 2 N–H and O–H groups in total.